The first-order chi connectivity index (χ1) is 14.9. The zero-order chi connectivity index (χ0) is 22.5. The fourth-order valence-electron chi connectivity index (χ4n) is 3.80. The lowest BCUT2D eigenvalue weighted by molar-refractivity contribution is -0.140. The summed E-state index contributed by atoms with van der Waals surface area (Å²) in [5.74, 6) is -1.55. The predicted molar refractivity (Wildman–Crippen MR) is 116 cm³/mol. The zero-order valence-electron chi connectivity index (χ0n) is 17.7. The molecule has 1 unspecified atom stereocenters. The van der Waals surface area contributed by atoms with Gasteiger partial charge in [0.15, 0.2) is 0 Å². The van der Waals surface area contributed by atoms with Gasteiger partial charge in [0.05, 0.1) is 31.4 Å². The molecule has 0 fully saturated rings. The molecule has 0 spiro atoms. The normalized spacial score (nSPS) is 16.3. The van der Waals surface area contributed by atoms with Crippen molar-refractivity contribution in [3.05, 3.63) is 81.5 Å². The van der Waals surface area contributed by atoms with Gasteiger partial charge in [0.25, 0.3) is 0 Å². The smallest absolute Gasteiger partial charge is 0.337 e. The van der Waals surface area contributed by atoms with Crippen LogP contribution in [0.3, 0.4) is 0 Å². The average molecular weight is 442 g/mol. The summed E-state index contributed by atoms with van der Waals surface area (Å²) in [4.78, 5) is 39.4. The van der Waals surface area contributed by atoms with Crippen molar-refractivity contribution in [1.29, 1.82) is 0 Å². The summed E-state index contributed by atoms with van der Waals surface area (Å²) in [5.41, 5.74) is 2.79. The van der Waals surface area contributed by atoms with E-state index in [-0.39, 0.29) is 25.5 Å². The van der Waals surface area contributed by atoms with Gasteiger partial charge in [-0.3, -0.25) is 4.79 Å². The monoisotopic (exact) mass is 441 g/mol. The number of carbonyl (C=O) groups excluding carboxylic acids is 3. The Hall–Kier alpha value is -3.12. The first kappa shape index (κ1) is 22.6. The second-order valence-corrected chi connectivity index (χ2v) is 7.58. The van der Waals surface area contributed by atoms with Crippen molar-refractivity contribution in [3.8, 4) is 0 Å². The lowest BCUT2D eigenvalue weighted by Crippen LogP contribution is -2.38. The Morgan fingerprint density at radius 1 is 1.13 bits per heavy atom. The van der Waals surface area contributed by atoms with Crippen molar-refractivity contribution in [1.82, 2.24) is 4.90 Å². The van der Waals surface area contributed by atoms with Gasteiger partial charge in [0.1, 0.15) is 0 Å². The zero-order valence-corrected chi connectivity index (χ0v) is 18.4. The molecule has 1 aliphatic heterocycles. The van der Waals surface area contributed by atoms with Gasteiger partial charge in [0.2, 0.25) is 5.91 Å². The van der Waals surface area contributed by atoms with E-state index in [1.807, 2.05) is 18.2 Å². The van der Waals surface area contributed by atoms with Crippen molar-refractivity contribution in [2.45, 2.75) is 32.7 Å². The third kappa shape index (κ3) is 4.80. The van der Waals surface area contributed by atoms with Crippen molar-refractivity contribution < 1.29 is 23.9 Å². The molecule has 2 aromatic rings. The summed E-state index contributed by atoms with van der Waals surface area (Å²) < 4.78 is 10.1. The molecule has 0 saturated carbocycles. The van der Waals surface area contributed by atoms with Gasteiger partial charge in [-0.05, 0) is 43.2 Å². The summed E-state index contributed by atoms with van der Waals surface area (Å²) >= 11 is 6.38. The number of hydrogen-bond acceptors (Lipinski definition) is 5. The summed E-state index contributed by atoms with van der Waals surface area (Å²) in [7, 11) is 1.32. The van der Waals surface area contributed by atoms with Crippen molar-refractivity contribution in [2.24, 2.45) is 0 Å². The van der Waals surface area contributed by atoms with E-state index >= 15 is 0 Å². The number of hydrogen-bond donors (Lipinski definition) is 0. The maximum atomic E-state index is 13.1. The van der Waals surface area contributed by atoms with Crippen LogP contribution >= 0.6 is 11.6 Å². The van der Waals surface area contributed by atoms with Gasteiger partial charge in [0, 0.05) is 23.1 Å². The molecule has 0 saturated heterocycles. The minimum absolute atomic E-state index is 0.0892. The molecule has 31 heavy (non-hydrogen) atoms. The van der Waals surface area contributed by atoms with Gasteiger partial charge < -0.3 is 14.4 Å². The number of halogens is 1. The van der Waals surface area contributed by atoms with Crippen LogP contribution in [0.4, 0.5) is 0 Å². The maximum Gasteiger partial charge on any atom is 0.337 e. The minimum Gasteiger partial charge on any atom is -0.465 e. The number of carbonyl (C=O) groups is 3. The second kappa shape index (κ2) is 9.79. The Bertz CT molecular complexity index is 1050. The van der Waals surface area contributed by atoms with E-state index in [9.17, 15) is 14.4 Å². The van der Waals surface area contributed by atoms with Crippen LogP contribution in [0.5, 0.6) is 0 Å². The number of methoxy groups -OCH3 is 1. The molecule has 0 bridgehead atoms. The topological polar surface area (TPSA) is 72.9 Å². The molecule has 6 nitrogen and oxygen atoms in total. The third-order valence-corrected chi connectivity index (χ3v) is 5.63. The quantitative estimate of drug-likeness (QED) is 0.618. The maximum absolute atomic E-state index is 13.1. The van der Waals surface area contributed by atoms with E-state index < -0.39 is 17.9 Å². The van der Waals surface area contributed by atoms with Crippen molar-refractivity contribution >= 4 is 29.4 Å². The molecule has 1 amide bonds. The van der Waals surface area contributed by atoms with Crippen LogP contribution in [-0.4, -0.2) is 36.5 Å². The third-order valence-electron chi connectivity index (χ3n) is 5.29. The molecule has 0 radical (unpaired) electrons. The Balaban J connectivity index is 2.02. The molecule has 162 valence electrons. The van der Waals surface area contributed by atoms with Gasteiger partial charge in [-0.2, -0.15) is 0 Å². The number of esters is 2. The standard InChI is InChI=1S/C24H24ClNO5/c1-4-31-24(29)22-15(2)26(14-16-8-7-9-17(12-16)23(28)30-3)21(27)13-19(22)18-10-5-6-11-20(18)25/h5-12,19H,4,13-14H2,1-3H3. The molecule has 0 aromatic heterocycles. The lowest BCUT2D eigenvalue weighted by Gasteiger charge is -2.34. The largest absolute Gasteiger partial charge is 0.465 e. The molecular weight excluding hydrogens is 418 g/mol. The molecule has 3 rings (SSSR count). The van der Waals surface area contributed by atoms with Crippen LogP contribution in [0, 0.1) is 0 Å². The Morgan fingerprint density at radius 2 is 1.87 bits per heavy atom. The highest BCUT2D eigenvalue weighted by Crippen LogP contribution is 2.40. The fraction of sp³-hybridized carbons (Fsp3) is 0.292. The predicted octanol–water partition coefficient (Wildman–Crippen LogP) is 4.48. The first-order valence-corrected chi connectivity index (χ1v) is 10.3. The molecule has 7 heteroatoms. The number of ether oxygens (including phenoxy) is 2. The van der Waals surface area contributed by atoms with Crippen molar-refractivity contribution in [2.75, 3.05) is 13.7 Å². The van der Waals surface area contributed by atoms with Crippen LogP contribution in [0.2, 0.25) is 5.02 Å². The summed E-state index contributed by atoms with van der Waals surface area (Å²) in [6, 6.07) is 14.1. The second-order valence-electron chi connectivity index (χ2n) is 7.17. The van der Waals surface area contributed by atoms with Crippen LogP contribution in [-0.2, 0) is 25.6 Å². The van der Waals surface area contributed by atoms with E-state index in [2.05, 4.69) is 0 Å². The highest BCUT2D eigenvalue weighted by atomic mass is 35.5. The van der Waals surface area contributed by atoms with Gasteiger partial charge in [-0.15, -0.1) is 0 Å². The van der Waals surface area contributed by atoms with Crippen molar-refractivity contribution in [3.63, 3.8) is 0 Å². The summed E-state index contributed by atoms with van der Waals surface area (Å²) in [5, 5.41) is 0.495. The van der Waals surface area contributed by atoms with Crippen LogP contribution in [0.25, 0.3) is 0 Å². The van der Waals surface area contributed by atoms with Crippen LogP contribution < -0.4 is 0 Å². The van der Waals surface area contributed by atoms with E-state index in [0.29, 0.717) is 27.4 Å². The number of amides is 1. The fourth-order valence-corrected chi connectivity index (χ4v) is 4.06. The number of benzene rings is 2. The van der Waals surface area contributed by atoms with E-state index in [0.717, 1.165) is 5.56 Å². The van der Waals surface area contributed by atoms with E-state index in [1.54, 1.807) is 49.1 Å². The molecule has 1 aliphatic rings. The van der Waals surface area contributed by atoms with Gasteiger partial charge in [-0.1, -0.05) is 41.9 Å². The molecule has 0 aliphatic carbocycles. The SMILES string of the molecule is CCOC(=O)C1=C(C)N(Cc2cccc(C(=O)OC)c2)C(=O)CC1c1ccccc1Cl. The highest BCUT2D eigenvalue weighted by molar-refractivity contribution is 6.31. The molecule has 1 atom stereocenters. The Labute approximate surface area is 186 Å². The van der Waals surface area contributed by atoms with E-state index in [4.69, 9.17) is 21.1 Å². The molecule has 0 N–H and O–H groups in total. The van der Waals surface area contributed by atoms with Gasteiger partial charge in [-0.25, -0.2) is 9.59 Å². The lowest BCUT2D eigenvalue weighted by atomic mass is 9.83. The van der Waals surface area contributed by atoms with E-state index in [1.165, 1.54) is 7.11 Å². The molecule has 2 aromatic carbocycles. The molecule has 1 heterocycles. The first-order valence-electron chi connectivity index (χ1n) is 9.97. The number of allylic oxidation sites excluding steroid dienone is 1. The average Bonchev–Trinajstić information content (AvgIpc) is 2.76. The minimum atomic E-state index is -0.488. The summed E-state index contributed by atoms with van der Waals surface area (Å²) in [6.45, 7) is 3.91. The van der Waals surface area contributed by atoms with Gasteiger partial charge >= 0.3 is 11.9 Å². The Kier molecular flexibility index (Phi) is 7.13. The summed E-state index contributed by atoms with van der Waals surface area (Å²) in [6.07, 6.45) is 0.0892. The number of nitrogens with zero attached hydrogens (tertiary/aromatic N) is 1. The van der Waals surface area contributed by atoms with Crippen LogP contribution in [0.1, 0.15) is 47.7 Å². The molecular formula is C24H24ClNO5. The van der Waals surface area contributed by atoms with Crippen LogP contribution in [0.15, 0.2) is 59.8 Å². The number of rotatable bonds is 6. The highest BCUT2D eigenvalue weighted by Gasteiger charge is 2.37. The Morgan fingerprint density at radius 3 is 2.55 bits per heavy atom.